The summed E-state index contributed by atoms with van der Waals surface area (Å²) in [6.07, 6.45) is 16.1. The molecule has 4 aliphatic carbocycles. The lowest BCUT2D eigenvalue weighted by molar-refractivity contribution is -0.160. The zero-order valence-electron chi connectivity index (χ0n) is 22.0. The third-order valence-electron chi connectivity index (χ3n) is 10.2. The van der Waals surface area contributed by atoms with Crippen molar-refractivity contribution >= 4 is 40.2 Å². The molecular weight excluding hydrogens is 509 g/mol. The number of rotatable bonds is 6. The molecule has 7 rings (SSSR count). The first-order valence-corrected chi connectivity index (χ1v) is 15.4. The van der Waals surface area contributed by atoms with E-state index in [4.69, 9.17) is 47.6 Å². The molecule has 0 bridgehead atoms. The van der Waals surface area contributed by atoms with Crippen molar-refractivity contribution in [1.82, 2.24) is 19.5 Å². The standard InChI is InChI=1S/C28H39Cl2N5O2/c1-27(2)36-22-21(18-13-28(18,14-29)23(22)37-27)35-15-31-20-24(33-26(30)34-25(20)35)32-19(16-9-5-3-6-10-16)17-11-7-4-8-12-17/h15-19,21-23H,3-14H2,1-2H3,(H,32,33,34)/t18-,21-,22+,23+,28+/m1/s1. The molecule has 5 aliphatic rings. The van der Waals surface area contributed by atoms with E-state index in [1.165, 1.54) is 64.2 Å². The van der Waals surface area contributed by atoms with E-state index in [2.05, 4.69) is 9.88 Å². The number of imidazole rings is 1. The Labute approximate surface area is 229 Å². The van der Waals surface area contributed by atoms with Gasteiger partial charge >= 0.3 is 0 Å². The minimum Gasteiger partial charge on any atom is -0.365 e. The molecule has 1 N–H and O–H groups in total. The van der Waals surface area contributed by atoms with Gasteiger partial charge in [-0.2, -0.15) is 9.97 Å². The van der Waals surface area contributed by atoms with Gasteiger partial charge in [0.05, 0.1) is 18.5 Å². The van der Waals surface area contributed by atoms with Gasteiger partial charge in [-0.1, -0.05) is 38.5 Å². The van der Waals surface area contributed by atoms with Gasteiger partial charge in [-0.3, -0.25) is 0 Å². The first-order valence-electron chi connectivity index (χ1n) is 14.5. The van der Waals surface area contributed by atoms with E-state index < -0.39 is 5.79 Å². The number of hydrogen-bond acceptors (Lipinski definition) is 6. The van der Waals surface area contributed by atoms with Gasteiger partial charge in [-0.25, -0.2) is 4.98 Å². The Morgan fingerprint density at radius 2 is 1.70 bits per heavy atom. The number of ether oxygens (including phenoxy) is 2. The van der Waals surface area contributed by atoms with Crippen LogP contribution in [0.5, 0.6) is 0 Å². The number of anilines is 1. The monoisotopic (exact) mass is 547 g/mol. The normalized spacial score (nSPS) is 35.7. The average Bonchev–Trinajstić information content (AvgIpc) is 3.19. The van der Waals surface area contributed by atoms with Crippen molar-refractivity contribution < 1.29 is 9.47 Å². The van der Waals surface area contributed by atoms with Crippen LogP contribution < -0.4 is 5.32 Å². The highest BCUT2D eigenvalue weighted by Crippen LogP contribution is 2.72. The maximum atomic E-state index is 6.59. The quantitative estimate of drug-likeness (QED) is 0.318. The molecule has 4 saturated carbocycles. The molecule has 37 heavy (non-hydrogen) atoms. The van der Waals surface area contributed by atoms with Gasteiger partial charge in [0, 0.05) is 17.3 Å². The first-order chi connectivity index (χ1) is 17.9. The molecule has 2 aromatic heterocycles. The van der Waals surface area contributed by atoms with Crippen LogP contribution in [-0.2, 0) is 9.47 Å². The summed E-state index contributed by atoms with van der Waals surface area (Å²) in [5, 5.41) is 4.18. The Hall–Kier alpha value is -1.15. The van der Waals surface area contributed by atoms with Crippen LogP contribution in [0.25, 0.3) is 11.2 Å². The van der Waals surface area contributed by atoms with E-state index >= 15 is 0 Å². The minimum atomic E-state index is -0.622. The molecule has 1 saturated heterocycles. The highest BCUT2D eigenvalue weighted by molar-refractivity contribution is 6.28. The number of nitrogens with one attached hydrogen (secondary N) is 1. The van der Waals surface area contributed by atoms with Gasteiger partial charge in [0.25, 0.3) is 0 Å². The second-order valence-electron chi connectivity index (χ2n) is 12.8. The lowest BCUT2D eigenvalue weighted by Crippen LogP contribution is -2.39. The molecule has 202 valence electrons. The lowest BCUT2D eigenvalue weighted by atomic mass is 9.74. The number of hydrogen-bond donors (Lipinski definition) is 1. The van der Waals surface area contributed by atoms with E-state index in [0.717, 1.165) is 23.4 Å². The zero-order chi connectivity index (χ0) is 25.4. The highest BCUT2D eigenvalue weighted by atomic mass is 35.5. The predicted molar refractivity (Wildman–Crippen MR) is 145 cm³/mol. The molecule has 0 aromatic carbocycles. The van der Waals surface area contributed by atoms with Gasteiger partial charge in [0.15, 0.2) is 22.8 Å². The van der Waals surface area contributed by atoms with Crippen LogP contribution in [0, 0.1) is 23.2 Å². The van der Waals surface area contributed by atoms with E-state index in [1.807, 2.05) is 20.2 Å². The van der Waals surface area contributed by atoms with Crippen molar-refractivity contribution in [3.63, 3.8) is 0 Å². The lowest BCUT2D eigenvalue weighted by Gasteiger charge is -2.38. The molecule has 1 aliphatic heterocycles. The average molecular weight is 549 g/mol. The number of aromatic nitrogens is 4. The fourth-order valence-corrected chi connectivity index (χ4v) is 9.03. The second kappa shape index (κ2) is 9.21. The Morgan fingerprint density at radius 3 is 2.35 bits per heavy atom. The molecular formula is C28H39Cl2N5O2. The largest absolute Gasteiger partial charge is 0.365 e. The summed E-state index contributed by atoms with van der Waals surface area (Å²) in [6, 6.07) is 0.484. The summed E-state index contributed by atoms with van der Waals surface area (Å²) in [6.45, 7) is 3.98. The Balaban J connectivity index is 1.24. The first kappa shape index (κ1) is 24.9. The Morgan fingerprint density at radius 1 is 1.03 bits per heavy atom. The Bertz CT molecular complexity index is 1140. The van der Waals surface area contributed by atoms with Gasteiger partial charge < -0.3 is 19.4 Å². The maximum Gasteiger partial charge on any atom is 0.226 e. The van der Waals surface area contributed by atoms with Crippen molar-refractivity contribution in [2.24, 2.45) is 23.2 Å². The molecule has 3 heterocycles. The van der Waals surface area contributed by atoms with Crippen LogP contribution in [0.2, 0.25) is 5.28 Å². The highest BCUT2D eigenvalue weighted by Gasteiger charge is 2.75. The van der Waals surface area contributed by atoms with Crippen LogP contribution in [-0.4, -0.2) is 49.4 Å². The zero-order valence-corrected chi connectivity index (χ0v) is 23.5. The fourth-order valence-electron chi connectivity index (χ4n) is 8.41. The van der Waals surface area contributed by atoms with Crippen LogP contribution in [0.1, 0.15) is 90.5 Å². The van der Waals surface area contributed by atoms with E-state index in [0.29, 0.717) is 29.7 Å². The molecule has 0 amide bonds. The van der Waals surface area contributed by atoms with Crippen LogP contribution in [0.4, 0.5) is 5.82 Å². The molecule has 5 atom stereocenters. The smallest absolute Gasteiger partial charge is 0.226 e. The third-order valence-corrected chi connectivity index (χ3v) is 10.9. The van der Waals surface area contributed by atoms with Gasteiger partial charge in [0.1, 0.15) is 6.10 Å². The summed E-state index contributed by atoms with van der Waals surface area (Å²) >= 11 is 13.1. The molecule has 2 aromatic rings. The molecule has 0 spiro atoms. The minimum absolute atomic E-state index is 0.00987. The summed E-state index contributed by atoms with van der Waals surface area (Å²) in [5.74, 6) is 2.49. The summed E-state index contributed by atoms with van der Waals surface area (Å²) < 4.78 is 15.0. The second-order valence-corrected chi connectivity index (χ2v) is 13.4. The van der Waals surface area contributed by atoms with Gasteiger partial charge in [-0.15, -0.1) is 11.6 Å². The number of nitrogens with zero attached hydrogens (tertiary/aromatic N) is 4. The molecule has 0 radical (unpaired) electrons. The fraction of sp³-hybridized carbons (Fsp3) is 0.821. The molecule has 7 nitrogen and oxygen atoms in total. The van der Waals surface area contributed by atoms with Crippen molar-refractivity contribution in [2.75, 3.05) is 11.2 Å². The number of alkyl halides is 1. The van der Waals surface area contributed by atoms with E-state index in [9.17, 15) is 0 Å². The summed E-state index contributed by atoms with van der Waals surface area (Å²) in [5.41, 5.74) is 1.55. The van der Waals surface area contributed by atoms with Gasteiger partial charge in [0.2, 0.25) is 5.28 Å². The van der Waals surface area contributed by atoms with E-state index in [-0.39, 0.29) is 28.9 Å². The predicted octanol–water partition coefficient (Wildman–Crippen LogP) is 6.74. The Kier molecular flexibility index (Phi) is 6.19. The van der Waals surface area contributed by atoms with E-state index in [1.54, 1.807) is 0 Å². The van der Waals surface area contributed by atoms with Crippen molar-refractivity contribution in [3.05, 3.63) is 11.6 Å². The number of fused-ring (bicyclic) bond motifs is 4. The van der Waals surface area contributed by atoms with Crippen molar-refractivity contribution in [2.45, 2.75) is 115 Å². The van der Waals surface area contributed by atoms with Crippen LogP contribution in [0.15, 0.2) is 6.33 Å². The third kappa shape index (κ3) is 4.09. The van der Waals surface area contributed by atoms with Crippen molar-refractivity contribution in [3.8, 4) is 0 Å². The SMILES string of the molecule is CC1(C)O[C@H]2[C@H](n3cnc4c(NC(C5CCCCC5)C5CCCCC5)nc(Cl)nc43)[C@H]3C[C@@]3(CCl)[C@H]2O1. The molecule has 0 unspecified atom stereocenters. The van der Waals surface area contributed by atoms with Crippen LogP contribution >= 0.6 is 23.2 Å². The van der Waals surface area contributed by atoms with Crippen molar-refractivity contribution in [1.29, 1.82) is 0 Å². The van der Waals surface area contributed by atoms with Gasteiger partial charge in [-0.05, 0) is 75.3 Å². The number of halogens is 2. The summed E-state index contributed by atoms with van der Waals surface area (Å²) in [4.78, 5) is 14.3. The van der Waals surface area contributed by atoms with Crippen LogP contribution in [0.3, 0.4) is 0 Å². The molecule has 9 heteroatoms. The summed E-state index contributed by atoms with van der Waals surface area (Å²) in [7, 11) is 0. The molecule has 5 fully saturated rings. The maximum absolute atomic E-state index is 6.59. The topological polar surface area (TPSA) is 74.1 Å².